The van der Waals surface area contributed by atoms with Crippen LogP contribution in [0.25, 0.3) is 0 Å². The van der Waals surface area contributed by atoms with Crippen molar-refractivity contribution in [2.75, 3.05) is 19.8 Å². The molecule has 2 rings (SSSR count). The van der Waals surface area contributed by atoms with Crippen LogP contribution >= 0.6 is 0 Å². The maximum atomic E-state index is 10.8. The van der Waals surface area contributed by atoms with Crippen molar-refractivity contribution in [2.24, 2.45) is 0 Å². The topological polar surface area (TPSA) is 75.6 Å². The minimum absolute atomic E-state index is 0.0729. The van der Waals surface area contributed by atoms with Gasteiger partial charge in [0.2, 0.25) is 0 Å². The number of nitrogens with zero attached hydrogens (tertiary/aromatic N) is 3. The van der Waals surface area contributed by atoms with E-state index in [0.717, 1.165) is 12.2 Å². The van der Waals surface area contributed by atoms with Crippen LogP contribution in [0.15, 0.2) is 18.6 Å². The molecule has 17 heavy (non-hydrogen) atoms. The fourth-order valence-corrected chi connectivity index (χ4v) is 1.91. The van der Waals surface area contributed by atoms with Gasteiger partial charge in [-0.1, -0.05) is 0 Å². The number of carboxylic acids is 1. The number of morpholine rings is 1. The summed E-state index contributed by atoms with van der Waals surface area (Å²) in [6.07, 6.45) is 3.29. The SMILES string of the molecule is O=C(O)CC1COCCN1Cc1ccncn1. The Bertz CT molecular complexity index is 371. The molecule has 1 aliphatic rings. The van der Waals surface area contributed by atoms with E-state index in [1.807, 2.05) is 6.07 Å². The Labute approximate surface area is 99.2 Å². The van der Waals surface area contributed by atoms with Crippen LogP contribution in [0.5, 0.6) is 0 Å². The molecular weight excluding hydrogens is 222 g/mol. The summed E-state index contributed by atoms with van der Waals surface area (Å²) in [7, 11) is 0. The molecule has 0 saturated carbocycles. The van der Waals surface area contributed by atoms with E-state index in [2.05, 4.69) is 14.9 Å². The molecule has 0 amide bonds. The van der Waals surface area contributed by atoms with Gasteiger partial charge >= 0.3 is 5.97 Å². The first-order valence-electron chi connectivity index (χ1n) is 5.54. The summed E-state index contributed by atoms with van der Waals surface area (Å²) in [6.45, 7) is 2.49. The molecule has 92 valence electrons. The van der Waals surface area contributed by atoms with Gasteiger partial charge in [0, 0.05) is 25.3 Å². The normalized spacial score (nSPS) is 21.3. The first kappa shape index (κ1) is 11.9. The Balaban J connectivity index is 1.99. The average Bonchev–Trinajstić information content (AvgIpc) is 2.32. The first-order valence-corrected chi connectivity index (χ1v) is 5.54. The lowest BCUT2D eigenvalue weighted by atomic mass is 10.1. The number of ether oxygens (including phenoxy) is 1. The maximum absolute atomic E-state index is 10.8. The molecule has 0 spiro atoms. The van der Waals surface area contributed by atoms with Crippen molar-refractivity contribution in [3.8, 4) is 0 Å². The molecule has 1 aliphatic heterocycles. The number of hydrogen-bond donors (Lipinski definition) is 1. The van der Waals surface area contributed by atoms with Crippen molar-refractivity contribution in [3.05, 3.63) is 24.3 Å². The molecule has 0 aliphatic carbocycles. The summed E-state index contributed by atoms with van der Waals surface area (Å²) in [4.78, 5) is 20.9. The summed E-state index contributed by atoms with van der Waals surface area (Å²) in [5.41, 5.74) is 0.900. The molecule has 1 N–H and O–H groups in total. The van der Waals surface area contributed by atoms with E-state index in [9.17, 15) is 4.79 Å². The van der Waals surface area contributed by atoms with Gasteiger partial charge in [-0.3, -0.25) is 9.69 Å². The van der Waals surface area contributed by atoms with Crippen molar-refractivity contribution in [3.63, 3.8) is 0 Å². The Hall–Kier alpha value is -1.53. The largest absolute Gasteiger partial charge is 0.481 e. The van der Waals surface area contributed by atoms with Crippen molar-refractivity contribution in [1.82, 2.24) is 14.9 Å². The van der Waals surface area contributed by atoms with E-state index in [1.165, 1.54) is 6.33 Å². The third-order valence-corrected chi connectivity index (χ3v) is 2.77. The highest BCUT2D eigenvalue weighted by atomic mass is 16.5. The van der Waals surface area contributed by atoms with Crippen molar-refractivity contribution >= 4 is 5.97 Å². The molecule has 6 nitrogen and oxygen atoms in total. The Kier molecular flexibility index (Phi) is 4.00. The molecule has 1 atom stereocenters. The Morgan fingerprint density at radius 1 is 1.65 bits per heavy atom. The standard InChI is InChI=1S/C11H15N3O3/c15-11(16)5-10-7-17-4-3-14(10)6-9-1-2-12-8-13-9/h1-2,8,10H,3-7H2,(H,15,16). The third-order valence-electron chi connectivity index (χ3n) is 2.77. The lowest BCUT2D eigenvalue weighted by Crippen LogP contribution is -2.46. The number of aliphatic carboxylic acids is 1. The van der Waals surface area contributed by atoms with Crippen LogP contribution in [0, 0.1) is 0 Å². The predicted octanol–water partition coefficient (Wildman–Crippen LogP) is 0.152. The average molecular weight is 237 g/mol. The van der Waals surface area contributed by atoms with Gasteiger partial charge in [-0.2, -0.15) is 0 Å². The van der Waals surface area contributed by atoms with Gasteiger partial charge in [0.05, 0.1) is 25.3 Å². The summed E-state index contributed by atoms with van der Waals surface area (Å²) in [6, 6.07) is 1.77. The van der Waals surface area contributed by atoms with Crippen molar-refractivity contribution < 1.29 is 14.6 Å². The molecule has 0 aromatic carbocycles. The van der Waals surface area contributed by atoms with E-state index < -0.39 is 5.97 Å². The van der Waals surface area contributed by atoms with Gasteiger partial charge in [0.1, 0.15) is 6.33 Å². The molecule has 6 heteroatoms. The van der Waals surface area contributed by atoms with Crippen LogP contribution in [0.4, 0.5) is 0 Å². The van der Waals surface area contributed by atoms with E-state index in [1.54, 1.807) is 6.20 Å². The van der Waals surface area contributed by atoms with Crippen molar-refractivity contribution in [2.45, 2.75) is 19.0 Å². The fourth-order valence-electron chi connectivity index (χ4n) is 1.91. The highest BCUT2D eigenvalue weighted by Gasteiger charge is 2.25. The number of hydrogen-bond acceptors (Lipinski definition) is 5. The molecular formula is C11H15N3O3. The Morgan fingerprint density at radius 3 is 3.24 bits per heavy atom. The van der Waals surface area contributed by atoms with E-state index in [0.29, 0.717) is 19.8 Å². The maximum Gasteiger partial charge on any atom is 0.305 e. The zero-order chi connectivity index (χ0) is 12.1. The predicted molar refractivity (Wildman–Crippen MR) is 59.3 cm³/mol. The number of carboxylic acid groups (broad SMARTS) is 1. The van der Waals surface area contributed by atoms with E-state index >= 15 is 0 Å². The highest BCUT2D eigenvalue weighted by Crippen LogP contribution is 2.13. The summed E-state index contributed by atoms with van der Waals surface area (Å²) in [5.74, 6) is -0.798. The number of aromatic nitrogens is 2. The van der Waals surface area contributed by atoms with Crippen LogP contribution in [0.3, 0.4) is 0 Å². The fraction of sp³-hybridized carbons (Fsp3) is 0.545. The molecule has 1 fully saturated rings. The molecule has 1 aromatic heterocycles. The van der Waals surface area contributed by atoms with E-state index in [4.69, 9.17) is 9.84 Å². The molecule has 1 aromatic rings. The molecule has 0 bridgehead atoms. The van der Waals surface area contributed by atoms with Gasteiger partial charge in [0.25, 0.3) is 0 Å². The van der Waals surface area contributed by atoms with Gasteiger partial charge in [-0.05, 0) is 6.07 Å². The number of carbonyl (C=O) groups is 1. The number of rotatable bonds is 4. The van der Waals surface area contributed by atoms with Crippen LogP contribution in [-0.2, 0) is 16.1 Å². The second-order valence-electron chi connectivity index (χ2n) is 4.00. The summed E-state index contributed by atoms with van der Waals surface area (Å²) < 4.78 is 5.31. The van der Waals surface area contributed by atoms with Crippen LogP contribution in [-0.4, -0.2) is 51.7 Å². The monoisotopic (exact) mass is 237 g/mol. The minimum atomic E-state index is -0.798. The first-order chi connectivity index (χ1) is 8.25. The molecule has 1 saturated heterocycles. The summed E-state index contributed by atoms with van der Waals surface area (Å²) >= 11 is 0. The smallest absolute Gasteiger partial charge is 0.305 e. The van der Waals surface area contributed by atoms with Gasteiger partial charge < -0.3 is 9.84 Å². The van der Waals surface area contributed by atoms with Crippen LogP contribution in [0.1, 0.15) is 12.1 Å². The second-order valence-corrected chi connectivity index (χ2v) is 4.00. The van der Waals surface area contributed by atoms with Gasteiger partial charge in [-0.15, -0.1) is 0 Å². The Morgan fingerprint density at radius 2 is 2.53 bits per heavy atom. The van der Waals surface area contributed by atoms with Crippen molar-refractivity contribution in [1.29, 1.82) is 0 Å². The molecule has 1 unspecified atom stereocenters. The minimum Gasteiger partial charge on any atom is -0.481 e. The van der Waals surface area contributed by atoms with Crippen LogP contribution in [0.2, 0.25) is 0 Å². The third kappa shape index (κ3) is 3.47. The van der Waals surface area contributed by atoms with Gasteiger partial charge in [0.15, 0.2) is 0 Å². The lowest BCUT2D eigenvalue weighted by molar-refractivity contribution is -0.140. The zero-order valence-corrected chi connectivity index (χ0v) is 9.45. The highest BCUT2D eigenvalue weighted by molar-refractivity contribution is 5.67. The second kappa shape index (κ2) is 5.70. The van der Waals surface area contributed by atoms with E-state index in [-0.39, 0.29) is 12.5 Å². The lowest BCUT2D eigenvalue weighted by Gasteiger charge is -2.34. The quantitative estimate of drug-likeness (QED) is 0.803. The summed E-state index contributed by atoms with van der Waals surface area (Å²) in [5, 5.41) is 8.84. The van der Waals surface area contributed by atoms with Gasteiger partial charge in [-0.25, -0.2) is 9.97 Å². The molecule has 2 heterocycles. The van der Waals surface area contributed by atoms with Crippen LogP contribution < -0.4 is 0 Å². The zero-order valence-electron chi connectivity index (χ0n) is 9.45. The molecule has 0 radical (unpaired) electrons.